The summed E-state index contributed by atoms with van der Waals surface area (Å²) >= 11 is 0. The second kappa shape index (κ2) is 9.07. The van der Waals surface area contributed by atoms with E-state index >= 15 is 0 Å². The molecule has 1 N–H and O–H groups in total. The number of aromatic nitrogens is 2. The lowest BCUT2D eigenvalue weighted by atomic mass is 9.82. The molecule has 1 aromatic heterocycles. The number of hydrogen-bond donors (Lipinski definition) is 1. The number of aryl methyl sites for hydroxylation is 2. The molecule has 1 saturated carbocycles. The number of nitrogens with zero attached hydrogens (tertiary/aromatic N) is 3. The Kier molecular flexibility index (Phi) is 6.19. The number of nitriles is 1. The predicted octanol–water partition coefficient (Wildman–Crippen LogP) is 3.59. The Morgan fingerprint density at radius 1 is 1.03 bits per heavy atom. The van der Waals surface area contributed by atoms with Crippen LogP contribution in [0.25, 0.3) is 10.9 Å². The lowest BCUT2D eigenvalue weighted by molar-refractivity contribution is -0.143. The third-order valence-corrected chi connectivity index (χ3v) is 6.90. The van der Waals surface area contributed by atoms with Crippen molar-refractivity contribution in [2.75, 3.05) is 0 Å². The van der Waals surface area contributed by atoms with E-state index in [0.717, 1.165) is 16.7 Å². The zero-order valence-electron chi connectivity index (χ0n) is 18.9. The minimum Gasteiger partial charge on any atom is -0.481 e. The SMILES string of the molecule is Cc1cccc(Cn2c(=O)n(CC3CCC(C(=O)O)CC3)c(=O)c3c(C)cccc32)c1C#N. The van der Waals surface area contributed by atoms with Crippen LogP contribution in [-0.2, 0) is 17.9 Å². The summed E-state index contributed by atoms with van der Waals surface area (Å²) < 4.78 is 2.89. The van der Waals surface area contributed by atoms with Gasteiger partial charge in [-0.1, -0.05) is 30.3 Å². The first-order valence-corrected chi connectivity index (χ1v) is 11.3. The second-order valence-electron chi connectivity index (χ2n) is 9.03. The van der Waals surface area contributed by atoms with Crippen molar-refractivity contribution in [2.24, 2.45) is 11.8 Å². The molecular weight excluding hydrogens is 418 g/mol. The highest BCUT2D eigenvalue weighted by Gasteiger charge is 2.27. The van der Waals surface area contributed by atoms with Crippen LogP contribution in [0.1, 0.15) is 47.9 Å². The van der Waals surface area contributed by atoms with Gasteiger partial charge in [0, 0.05) is 6.54 Å². The molecule has 0 unspecified atom stereocenters. The van der Waals surface area contributed by atoms with E-state index < -0.39 is 11.7 Å². The molecule has 1 fully saturated rings. The topological polar surface area (TPSA) is 105 Å². The van der Waals surface area contributed by atoms with Gasteiger partial charge in [0.25, 0.3) is 5.56 Å². The molecule has 1 heterocycles. The summed E-state index contributed by atoms with van der Waals surface area (Å²) in [6, 6.07) is 13.3. The fourth-order valence-electron chi connectivity index (χ4n) is 4.98. The van der Waals surface area contributed by atoms with E-state index in [2.05, 4.69) is 6.07 Å². The van der Waals surface area contributed by atoms with E-state index in [1.807, 2.05) is 44.2 Å². The second-order valence-corrected chi connectivity index (χ2v) is 9.03. The fraction of sp³-hybridized carbons (Fsp3) is 0.385. The maximum atomic E-state index is 13.6. The van der Waals surface area contributed by atoms with Gasteiger partial charge in [0.05, 0.1) is 35.0 Å². The monoisotopic (exact) mass is 445 g/mol. The van der Waals surface area contributed by atoms with Gasteiger partial charge in [-0.2, -0.15) is 5.26 Å². The molecule has 7 heteroatoms. The van der Waals surface area contributed by atoms with Gasteiger partial charge in [-0.25, -0.2) is 4.79 Å². The van der Waals surface area contributed by atoms with Crippen molar-refractivity contribution in [3.8, 4) is 6.07 Å². The Labute approximate surface area is 191 Å². The Bertz CT molecular complexity index is 1390. The maximum absolute atomic E-state index is 13.6. The maximum Gasteiger partial charge on any atom is 0.331 e. The van der Waals surface area contributed by atoms with Gasteiger partial charge < -0.3 is 5.11 Å². The van der Waals surface area contributed by atoms with Crippen molar-refractivity contribution in [3.05, 3.63) is 79.5 Å². The van der Waals surface area contributed by atoms with Crippen molar-refractivity contribution in [1.29, 1.82) is 5.26 Å². The molecule has 0 amide bonds. The van der Waals surface area contributed by atoms with Gasteiger partial charge in [-0.15, -0.1) is 0 Å². The minimum absolute atomic E-state index is 0.0783. The summed E-state index contributed by atoms with van der Waals surface area (Å²) in [4.78, 5) is 38.3. The lowest BCUT2D eigenvalue weighted by Gasteiger charge is -2.26. The predicted molar refractivity (Wildman–Crippen MR) is 125 cm³/mol. The summed E-state index contributed by atoms with van der Waals surface area (Å²) in [6.45, 7) is 4.18. The molecule has 2 aromatic carbocycles. The molecule has 3 aromatic rings. The van der Waals surface area contributed by atoms with E-state index in [0.29, 0.717) is 42.1 Å². The molecule has 0 radical (unpaired) electrons. The molecule has 0 saturated heterocycles. The number of fused-ring (bicyclic) bond motifs is 1. The van der Waals surface area contributed by atoms with E-state index in [1.165, 1.54) is 4.57 Å². The van der Waals surface area contributed by atoms with Crippen LogP contribution >= 0.6 is 0 Å². The molecule has 4 rings (SSSR count). The van der Waals surface area contributed by atoms with Crippen LogP contribution in [0.5, 0.6) is 0 Å². The smallest absolute Gasteiger partial charge is 0.331 e. The molecule has 7 nitrogen and oxygen atoms in total. The molecule has 0 aliphatic heterocycles. The van der Waals surface area contributed by atoms with Crippen LogP contribution in [0.2, 0.25) is 0 Å². The first kappa shape index (κ1) is 22.5. The Morgan fingerprint density at radius 2 is 1.70 bits per heavy atom. The molecule has 1 aliphatic rings. The number of aliphatic carboxylic acids is 1. The fourth-order valence-corrected chi connectivity index (χ4v) is 4.98. The average molecular weight is 446 g/mol. The van der Waals surface area contributed by atoms with Crippen LogP contribution in [-0.4, -0.2) is 20.2 Å². The number of hydrogen-bond acceptors (Lipinski definition) is 4. The van der Waals surface area contributed by atoms with Gasteiger partial charge in [0.1, 0.15) is 0 Å². The number of benzene rings is 2. The van der Waals surface area contributed by atoms with Crippen molar-refractivity contribution in [2.45, 2.75) is 52.6 Å². The van der Waals surface area contributed by atoms with Gasteiger partial charge in [0.15, 0.2) is 0 Å². The zero-order valence-corrected chi connectivity index (χ0v) is 18.9. The van der Waals surface area contributed by atoms with Gasteiger partial charge in [-0.3, -0.25) is 18.7 Å². The summed E-state index contributed by atoms with van der Waals surface area (Å²) in [5.41, 5.74) is 2.75. The van der Waals surface area contributed by atoms with Crippen molar-refractivity contribution >= 4 is 16.9 Å². The van der Waals surface area contributed by atoms with Crippen LogP contribution < -0.4 is 11.2 Å². The van der Waals surface area contributed by atoms with Gasteiger partial charge in [-0.05, 0) is 68.2 Å². The van der Waals surface area contributed by atoms with Crippen molar-refractivity contribution in [3.63, 3.8) is 0 Å². The molecule has 1 aliphatic carbocycles. The lowest BCUT2D eigenvalue weighted by Crippen LogP contribution is -2.42. The van der Waals surface area contributed by atoms with E-state index in [4.69, 9.17) is 0 Å². The molecule has 0 spiro atoms. The highest BCUT2D eigenvalue weighted by molar-refractivity contribution is 5.81. The first-order valence-electron chi connectivity index (χ1n) is 11.3. The van der Waals surface area contributed by atoms with Gasteiger partial charge >= 0.3 is 11.7 Å². The van der Waals surface area contributed by atoms with Crippen molar-refractivity contribution in [1.82, 2.24) is 9.13 Å². The number of rotatable bonds is 5. The minimum atomic E-state index is -0.777. The highest BCUT2D eigenvalue weighted by atomic mass is 16.4. The number of carboxylic acid groups (broad SMARTS) is 1. The largest absolute Gasteiger partial charge is 0.481 e. The normalized spacial score (nSPS) is 18.2. The first-order chi connectivity index (χ1) is 15.8. The summed E-state index contributed by atoms with van der Waals surface area (Å²) in [5.74, 6) is -1.05. The van der Waals surface area contributed by atoms with Gasteiger partial charge in [0.2, 0.25) is 0 Å². The molecule has 33 heavy (non-hydrogen) atoms. The molecule has 0 bridgehead atoms. The third kappa shape index (κ3) is 4.21. The number of carboxylic acids is 1. The van der Waals surface area contributed by atoms with Crippen LogP contribution in [0, 0.1) is 37.0 Å². The Balaban J connectivity index is 1.81. The van der Waals surface area contributed by atoms with E-state index in [-0.39, 0.29) is 30.5 Å². The molecular formula is C26H27N3O4. The number of carbonyl (C=O) groups is 1. The average Bonchev–Trinajstić information content (AvgIpc) is 2.79. The summed E-state index contributed by atoms with van der Waals surface area (Å²) in [6.07, 6.45) is 2.46. The van der Waals surface area contributed by atoms with Crippen LogP contribution in [0.4, 0.5) is 0 Å². The Hall–Kier alpha value is -3.66. The quantitative estimate of drug-likeness (QED) is 0.646. The summed E-state index contributed by atoms with van der Waals surface area (Å²) in [7, 11) is 0. The molecule has 170 valence electrons. The zero-order chi connectivity index (χ0) is 23.7. The standard InChI is InChI=1S/C26H27N3O4/c1-16-5-3-7-20(21(16)13-27)15-28-22-8-4-6-17(2)23(22)24(30)29(26(28)33)14-18-9-11-19(12-10-18)25(31)32/h3-8,18-19H,9-12,14-15H2,1-2H3,(H,31,32). The third-order valence-electron chi connectivity index (χ3n) is 6.90. The Morgan fingerprint density at radius 3 is 2.36 bits per heavy atom. The van der Waals surface area contributed by atoms with Crippen LogP contribution in [0.15, 0.2) is 46.0 Å². The van der Waals surface area contributed by atoms with E-state index in [1.54, 1.807) is 10.6 Å². The van der Waals surface area contributed by atoms with E-state index in [9.17, 15) is 24.8 Å². The summed E-state index contributed by atoms with van der Waals surface area (Å²) in [5, 5.41) is 19.4. The van der Waals surface area contributed by atoms with Crippen molar-refractivity contribution < 1.29 is 9.90 Å². The van der Waals surface area contributed by atoms with Crippen LogP contribution in [0.3, 0.4) is 0 Å². The highest BCUT2D eigenvalue weighted by Crippen LogP contribution is 2.29. The molecule has 0 atom stereocenters.